The topological polar surface area (TPSA) is 326 Å². The van der Waals surface area contributed by atoms with Crippen LogP contribution in [0.1, 0.15) is 99.3 Å². The molecular formula is C51H82O21. The summed E-state index contributed by atoms with van der Waals surface area (Å²) in [5.74, 6) is 2.80. The van der Waals surface area contributed by atoms with Gasteiger partial charge in [0.1, 0.15) is 91.6 Å². The van der Waals surface area contributed by atoms with Crippen molar-refractivity contribution in [3.63, 3.8) is 0 Å². The smallest absolute Gasteiger partial charge is 0.187 e. The minimum absolute atomic E-state index is 0.0680. The molecule has 5 aliphatic heterocycles. The fraction of sp³-hybridized carbons (Fsp3) is 0.922. The highest BCUT2D eigenvalue weighted by Crippen LogP contribution is 2.69. The SMILES string of the molecule is CC1=C(CC[C@@H](C)CO[C@@H]2O[C@H](CO)[C@@H](O)[C@H](O)[C@H]2O)O[C@H]2C[C@H]3[C@@H]4CC=C5C[C@@H](O[C@@H]6O[C@H](CO)[C@@H](O[C@H]7O[C@@H](C)[C@H](O)[C@@H](O)[C@H]7O)[C@H](O)[C@H]6O[C@H]6O[C@@H](C)[C@H](O)[C@@H](O)[C@H]6O)CC[C@]5(C)[C@H]4CC[C@]3(C)[C@@H]12. The van der Waals surface area contributed by atoms with Gasteiger partial charge in [-0.1, -0.05) is 32.4 Å². The van der Waals surface area contributed by atoms with E-state index < -0.39 is 142 Å². The molecule has 5 heterocycles. The van der Waals surface area contributed by atoms with Gasteiger partial charge in [-0.3, -0.25) is 0 Å². The molecule has 412 valence electrons. The summed E-state index contributed by atoms with van der Waals surface area (Å²) in [6.07, 6.45) is -18.8. The van der Waals surface area contributed by atoms with Crippen molar-refractivity contribution in [2.75, 3.05) is 19.8 Å². The molecule has 3 saturated carbocycles. The van der Waals surface area contributed by atoms with Gasteiger partial charge in [-0.05, 0) is 112 Å². The Bertz CT molecular complexity index is 1920. The van der Waals surface area contributed by atoms with Crippen LogP contribution in [-0.2, 0) is 42.6 Å². The summed E-state index contributed by atoms with van der Waals surface area (Å²) < 4.78 is 54.8. The van der Waals surface area contributed by atoms with Crippen LogP contribution in [0, 0.1) is 40.4 Å². The predicted molar refractivity (Wildman–Crippen MR) is 247 cm³/mol. The van der Waals surface area contributed by atoms with Gasteiger partial charge in [-0.2, -0.15) is 0 Å². The third-order valence-corrected chi connectivity index (χ3v) is 18.8. The van der Waals surface area contributed by atoms with Crippen molar-refractivity contribution in [3.8, 4) is 0 Å². The average Bonchev–Trinajstić information content (AvgIpc) is 3.85. The minimum Gasteiger partial charge on any atom is -0.494 e. The maximum absolute atomic E-state index is 12.0. The van der Waals surface area contributed by atoms with Gasteiger partial charge in [0.25, 0.3) is 0 Å². The molecule has 0 spiro atoms. The summed E-state index contributed by atoms with van der Waals surface area (Å²) in [6, 6.07) is 0. The van der Waals surface area contributed by atoms with Crippen LogP contribution < -0.4 is 0 Å². The van der Waals surface area contributed by atoms with Crippen molar-refractivity contribution in [1.82, 2.24) is 0 Å². The number of hydrogen-bond acceptors (Lipinski definition) is 21. The van der Waals surface area contributed by atoms with Crippen LogP contribution in [0.4, 0.5) is 0 Å². The van der Waals surface area contributed by atoms with E-state index in [4.69, 9.17) is 42.6 Å². The summed E-state index contributed by atoms with van der Waals surface area (Å²) >= 11 is 0. The summed E-state index contributed by atoms with van der Waals surface area (Å²) in [6.45, 7) is 11.1. The maximum atomic E-state index is 12.0. The zero-order valence-electron chi connectivity index (χ0n) is 42.2. The van der Waals surface area contributed by atoms with Crippen LogP contribution in [-0.4, -0.2) is 216 Å². The van der Waals surface area contributed by atoms with E-state index in [1.165, 1.54) is 25.0 Å². The van der Waals surface area contributed by atoms with E-state index in [0.717, 1.165) is 50.7 Å². The molecule has 4 aliphatic carbocycles. The number of rotatable bonds is 14. The van der Waals surface area contributed by atoms with Crippen molar-refractivity contribution in [2.45, 2.75) is 234 Å². The Kier molecular flexibility index (Phi) is 16.7. The molecule has 0 radical (unpaired) electrons. The van der Waals surface area contributed by atoms with Crippen LogP contribution in [0.2, 0.25) is 0 Å². The Morgan fingerprint density at radius 2 is 1.25 bits per heavy atom. The van der Waals surface area contributed by atoms with E-state index in [1.807, 2.05) is 6.92 Å². The zero-order valence-corrected chi connectivity index (χ0v) is 42.2. The number of fused-ring (bicyclic) bond motifs is 7. The fourth-order valence-electron chi connectivity index (χ4n) is 14.5. The first-order chi connectivity index (χ1) is 34.1. The van der Waals surface area contributed by atoms with E-state index in [2.05, 4.69) is 26.8 Å². The highest BCUT2D eigenvalue weighted by molar-refractivity contribution is 5.30. The molecule has 0 aromatic heterocycles. The molecule has 72 heavy (non-hydrogen) atoms. The van der Waals surface area contributed by atoms with Crippen LogP contribution in [0.3, 0.4) is 0 Å². The van der Waals surface area contributed by atoms with Gasteiger partial charge in [0.2, 0.25) is 0 Å². The number of aliphatic hydroxyl groups excluding tert-OH is 12. The average molecular weight is 1030 g/mol. The molecule has 21 nitrogen and oxygen atoms in total. The molecule has 4 saturated heterocycles. The zero-order chi connectivity index (χ0) is 51.9. The second-order valence-electron chi connectivity index (χ2n) is 23.2. The van der Waals surface area contributed by atoms with E-state index in [9.17, 15) is 61.3 Å². The largest absolute Gasteiger partial charge is 0.494 e. The predicted octanol–water partition coefficient (Wildman–Crippen LogP) is -1.03. The highest BCUT2D eigenvalue weighted by Gasteiger charge is 2.64. The summed E-state index contributed by atoms with van der Waals surface area (Å²) in [5, 5.41) is 126. The lowest BCUT2D eigenvalue weighted by molar-refractivity contribution is -0.388. The lowest BCUT2D eigenvalue weighted by atomic mass is 9.47. The molecule has 0 unspecified atom stereocenters. The normalized spacial score (nSPS) is 52.9. The molecule has 9 rings (SSSR count). The fourth-order valence-corrected chi connectivity index (χ4v) is 14.5. The van der Waals surface area contributed by atoms with E-state index in [0.29, 0.717) is 36.5 Å². The van der Waals surface area contributed by atoms with Crippen molar-refractivity contribution < 1.29 is 104 Å². The van der Waals surface area contributed by atoms with E-state index in [1.54, 1.807) is 0 Å². The Balaban J connectivity index is 0.849. The summed E-state index contributed by atoms with van der Waals surface area (Å²) in [4.78, 5) is 0. The van der Waals surface area contributed by atoms with Crippen LogP contribution in [0.25, 0.3) is 0 Å². The molecule has 0 aromatic carbocycles. The number of hydrogen-bond donors (Lipinski definition) is 12. The Labute approximate surface area is 420 Å². The number of aliphatic hydroxyl groups is 12. The number of ether oxygens (including phenoxy) is 9. The Morgan fingerprint density at radius 3 is 1.89 bits per heavy atom. The van der Waals surface area contributed by atoms with Crippen molar-refractivity contribution in [2.24, 2.45) is 40.4 Å². The first-order valence-electron chi connectivity index (χ1n) is 26.4. The van der Waals surface area contributed by atoms with Crippen molar-refractivity contribution in [3.05, 3.63) is 23.0 Å². The van der Waals surface area contributed by atoms with Crippen molar-refractivity contribution in [1.29, 1.82) is 0 Å². The molecule has 0 amide bonds. The van der Waals surface area contributed by atoms with Gasteiger partial charge in [0.15, 0.2) is 25.2 Å². The second-order valence-corrected chi connectivity index (χ2v) is 23.2. The second kappa shape index (κ2) is 21.7. The van der Waals surface area contributed by atoms with Crippen LogP contribution in [0.5, 0.6) is 0 Å². The Morgan fingerprint density at radius 1 is 0.653 bits per heavy atom. The molecule has 21 heteroatoms. The third kappa shape index (κ3) is 9.90. The Hall–Kier alpha value is -1.52. The van der Waals surface area contributed by atoms with E-state index in [-0.39, 0.29) is 29.5 Å². The molecule has 0 aromatic rings. The third-order valence-electron chi connectivity index (χ3n) is 18.8. The molecule has 29 atom stereocenters. The van der Waals surface area contributed by atoms with Gasteiger partial charge in [0.05, 0.1) is 43.9 Å². The maximum Gasteiger partial charge on any atom is 0.187 e. The molecule has 7 fully saturated rings. The van der Waals surface area contributed by atoms with Gasteiger partial charge >= 0.3 is 0 Å². The quantitative estimate of drug-likeness (QED) is 0.0926. The molecule has 12 N–H and O–H groups in total. The van der Waals surface area contributed by atoms with E-state index >= 15 is 0 Å². The summed E-state index contributed by atoms with van der Waals surface area (Å²) in [7, 11) is 0. The first-order valence-corrected chi connectivity index (χ1v) is 26.4. The van der Waals surface area contributed by atoms with Crippen LogP contribution in [0.15, 0.2) is 23.0 Å². The van der Waals surface area contributed by atoms with Crippen molar-refractivity contribution >= 4 is 0 Å². The minimum atomic E-state index is -1.74. The first kappa shape index (κ1) is 55.2. The van der Waals surface area contributed by atoms with Gasteiger partial charge in [0, 0.05) is 12.3 Å². The lowest BCUT2D eigenvalue weighted by Gasteiger charge is -2.58. The van der Waals surface area contributed by atoms with Gasteiger partial charge in [-0.15, -0.1) is 0 Å². The monoisotopic (exact) mass is 1030 g/mol. The van der Waals surface area contributed by atoms with Gasteiger partial charge < -0.3 is 104 Å². The standard InChI is InChI=1S/C51H82O21/c1-20(19-64-46-40(60)39(59)36(56)31(17-52)69-46)7-10-29-21(2)33-30(68-29)16-28-26-9-8-24-15-25(11-13-50(24,5)27(26)12-14-51(28,33)6)67-49-45(72-48-42(62)38(58)35(55)23(4)66-48)43(63)44(32(18-53)70-49)71-47-41(61)37(57)34(54)22(3)65-47/h8,20,22-23,25-28,30-49,52-63H,7,9-19H2,1-6H3/t20-,22+,23+,25+,26-,27+,28+,30+,31-,32-,33+,34+,35+,36-,37-,38-,39+,40-,41-,42-,43+,44-,45-,46-,47-,48-,49-,50+,51+/m1/s1. The molecular weight excluding hydrogens is 949 g/mol. The molecule has 0 bridgehead atoms. The lowest BCUT2D eigenvalue weighted by Crippen LogP contribution is -2.66. The molecule has 9 aliphatic rings. The summed E-state index contributed by atoms with van der Waals surface area (Å²) in [5.41, 5.74) is 2.59. The number of allylic oxidation sites excluding steroid dienone is 2. The highest BCUT2D eigenvalue weighted by atomic mass is 16.8. The van der Waals surface area contributed by atoms with Crippen LogP contribution >= 0.6 is 0 Å². The van der Waals surface area contributed by atoms with Gasteiger partial charge in [-0.25, -0.2) is 0 Å².